The molecular weight excluding hydrogens is 298 g/mol. The molecule has 0 saturated heterocycles. The van der Waals surface area contributed by atoms with Gasteiger partial charge in [-0.15, -0.1) is 0 Å². The van der Waals surface area contributed by atoms with Crippen molar-refractivity contribution in [1.29, 1.82) is 0 Å². The van der Waals surface area contributed by atoms with Crippen LogP contribution in [0.4, 0.5) is 5.69 Å². The number of nitrogens with zero attached hydrogens (tertiary/aromatic N) is 2. The fourth-order valence-electron chi connectivity index (χ4n) is 1.37. The Bertz CT molecular complexity index is 452. The van der Waals surface area contributed by atoms with Crippen molar-refractivity contribution in [3.63, 3.8) is 0 Å². The van der Waals surface area contributed by atoms with E-state index in [2.05, 4.69) is 33.3 Å². The zero-order valence-corrected chi connectivity index (χ0v) is 12.6. The summed E-state index contributed by atoms with van der Waals surface area (Å²) >= 11 is 3.27. The lowest BCUT2D eigenvalue weighted by molar-refractivity contribution is 0.0945. The highest BCUT2D eigenvalue weighted by Gasteiger charge is 2.14. The van der Waals surface area contributed by atoms with E-state index in [1.807, 2.05) is 0 Å². The molecule has 0 aromatic carbocycles. The Balaban J connectivity index is 2.84. The van der Waals surface area contributed by atoms with Crippen molar-refractivity contribution >= 4 is 21.6 Å². The van der Waals surface area contributed by atoms with Gasteiger partial charge >= 0.3 is 0 Å². The molecule has 0 aliphatic heterocycles. The van der Waals surface area contributed by atoms with E-state index in [-0.39, 0.29) is 5.56 Å². The average Bonchev–Trinajstić information content (AvgIpc) is 2.28. The van der Waals surface area contributed by atoms with Crippen LogP contribution in [0.2, 0.25) is 0 Å². The molecule has 18 heavy (non-hydrogen) atoms. The van der Waals surface area contributed by atoms with Gasteiger partial charge in [0, 0.05) is 13.1 Å². The highest BCUT2D eigenvalue weighted by molar-refractivity contribution is 9.10. The third-order valence-corrected chi connectivity index (χ3v) is 3.19. The minimum absolute atomic E-state index is 0.149. The maximum Gasteiger partial charge on any atom is 0.283 e. The van der Waals surface area contributed by atoms with E-state index in [0.29, 0.717) is 23.2 Å². The second-order valence-corrected chi connectivity index (χ2v) is 5.71. The lowest BCUT2D eigenvalue weighted by Crippen LogP contribution is -2.31. The molecule has 0 bridgehead atoms. The number of hydrogen-bond acceptors (Lipinski definition) is 4. The average molecular weight is 318 g/mol. The highest BCUT2D eigenvalue weighted by atomic mass is 79.9. The van der Waals surface area contributed by atoms with Crippen molar-refractivity contribution in [2.75, 3.05) is 11.9 Å². The van der Waals surface area contributed by atoms with Crippen molar-refractivity contribution in [1.82, 2.24) is 9.78 Å². The van der Waals surface area contributed by atoms with E-state index in [1.54, 1.807) is 20.0 Å². The second-order valence-electron chi connectivity index (χ2n) is 4.92. The van der Waals surface area contributed by atoms with E-state index >= 15 is 0 Å². The number of aliphatic hydroxyl groups is 1. The maximum absolute atomic E-state index is 12.0. The van der Waals surface area contributed by atoms with Crippen molar-refractivity contribution in [3.05, 3.63) is 21.0 Å². The van der Waals surface area contributed by atoms with Gasteiger partial charge in [-0.05, 0) is 36.2 Å². The van der Waals surface area contributed by atoms with Gasteiger partial charge in [-0.1, -0.05) is 13.3 Å². The molecule has 0 unspecified atom stereocenters. The van der Waals surface area contributed by atoms with Gasteiger partial charge in [-0.2, -0.15) is 5.10 Å². The largest absolute Gasteiger partial charge is 0.389 e. The number of rotatable bonds is 6. The minimum atomic E-state index is -0.837. The Morgan fingerprint density at radius 3 is 2.78 bits per heavy atom. The Kier molecular flexibility index (Phi) is 5.34. The van der Waals surface area contributed by atoms with E-state index in [9.17, 15) is 9.90 Å². The van der Waals surface area contributed by atoms with Crippen LogP contribution in [0.5, 0.6) is 0 Å². The minimum Gasteiger partial charge on any atom is -0.389 e. The van der Waals surface area contributed by atoms with Crippen LogP contribution in [-0.2, 0) is 6.54 Å². The van der Waals surface area contributed by atoms with Crippen LogP contribution in [0.3, 0.4) is 0 Å². The molecule has 1 aromatic rings. The van der Waals surface area contributed by atoms with E-state index < -0.39 is 5.60 Å². The molecule has 102 valence electrons. The summed E-state index contributed by atoms with van der Waals surface area (Å²) in [7, 11) is 0. The third-order valence-electron chi connectivity index (χ3n) is 2.42. The molecule has 0 aliphatic carbocycles. The van der Waals surface area contributed by atoms with Crippen molar-refractivity contribution in [2.24, 2.45) is 0 Å². The lowest BCUT2D eigenvalue weighted by Gasteiger charge is -2.19. The lowest BCUT2D eigenvalue weighted by atomic mass is 10.1. The summed E-state index contributed by atoms with van der Waals surface area (Å²) in [5.41, 5.74) is -0.379. The van der Waals surface area contributed by atoms with Gasteiger partial charge < -0.3 is 10.4 Å². The summed E-state index contributed by atoms with van der Waals surface area (Å²) in [4.78, 5) is 12.0. The smallest absolute Gasteiger partial charge is 0.283 e. The van der Waals surface area contributed by atoms with E-state index in [0.717, 1.165) is 12.8 Å². The summed E-state index contributed by atoms with van der Waals surface area (Å²) in [6, 6.07) is 0. The molecular formula is C12H20BrN3O2. The molecule has 5 nitrogen and oxygen atoms in total. The SMILES string of the molecule is CCCCn1ncc(NCC(C)(C)O)c(Br)c1=O. The molecule has 6 heteroatoms. The summed E-state index contributed by atoms with van der Waals surface area (Å²) in [5.74, 6) is 0. The molecule has 0 aliphatic rings. The highest BCUT2D eigenvalue weighted by Crippen LogP contribution is 2.17. The molecule has 1 aromatic heterocycles. The first-order chi connectivity index (χ1) is 8.35. The van der Waals surface area contributed by atoms with Crippen LogP contribution in [0.25, 0.3) is 0 Å². The molecule has 0 spiro atoms. The normalized spacial score (nSPS) is 11.6. The standard InChI is InChI=1S/C12H20BrN3O2/c1-4-5-6-16-11(17)10(13)9(7-15-16)14-8-12(2,3)18/h7,14,18H,4-6,8H2,1-3H3. The molecule has 0 saturated carbocycles. The van der Waals surface area contributed by atoms with Gasteiger partial charge in [0.2, 0.25) is 0 Å². The zero-order valence-electron chi connectivity index (χ0n) is 11.0. The summed E-state index contributed by atoms with van der Waals surface area (Å²) in [6.45, 7) is 6.44. The fourth-order valence-corrected chi connectivity index (χ4v) is 1.81. The van der Waals surface area contributed by atoms with E-state index in [4.69, 9.17) is 0 Å². The number of aromatic nitrogens is 2. The van der Waals surface area contributed by atoms with Crippen LogP contribution < -0.4 is 10.9 Å². The number of aryl methyl sites for hydroxylation is 1. The first-order valence-corrected chi connectivity index (χ1v) is 6.86. The van der Waals surface area contributed by atoms with Crippen LogP contribution in [0.1, 0.15) is 33.6 Å². The van der Waals surface area contributed by atoms with Gasteiger partial charge in [-0.3, -0.25) is 4.79 Å². The van der Waals surface area contributed by atoms with Gasteiger partial charge in [0.15, 0.2) is 0 Å². The topological polar surface area (TPSA) is 67.2 Å². The molecule has 2 N–H and O–H groups in total. The number of anilines is 1. The Morgan fingerprint density at radius 1 is 1.56 bits per heavy atom. The number of unbranched alkanes of at least 4 members (excludes halogenated alkanes) is 1. The maximum atomic E-state index is 12.0. The van der Waals surface area contributed by atoms with Gasteiger partial charge in [0.05, 0.1) is 17.5 Å². The summed E-state index contributed by atoms with van der Waals surface area (Å²) in [6.07, 6.45) is 3.55. The number of hydrogen-bond donors (Lipinski definition) is 2. The summed E-state index contributed by atoms with van der Waals surface area (Å²) < 4.78 is 1.90. The van der Waals surface area contributed by atoms with Gasteiger partial charge in [0.25, 0.3) is 5.56 Å². The van der Waals surface area contributed by atoms with Gasteiger partial charge in [0.1, 0.15) is 4.47 Å². The zero-order chi connectivity index (χ0) is 13.8. The van der Waals surface area contributed by atoms with E-state index in [1.165, 1.54) is 4.68 Å². The molecule has 1 heterocycles. The van der Waals surface area contributed by atoms with Crippen LogP contribution >= 0.6 is 15.9 Å². The van der Waals surface area contributed by atoms with Crippen LogP contribution in [-0.4, -0.2) is 27.0 Å². The Labute approximate surface area is 115 Å². The van der Waals surface area contributed by atoms with Crippen LogP contribution in [0.15, 0.2) is 15.5 Å². The van der Waals surface area contributed by atoms with Gasteiger partial charge in [-0.25, -0.2) is 4.68 Å². The molecule has 0 amide bonds. The second kappa shape index (κ2) is 6.33. The Hall–Kier alpha value is -0.880. The molecule has 0 fully saturated rings. The summed E-state index contributed by atoms with van der Waals surface area (Å²) in [5, 5.41) is 16.7. The van der Waals surface area contributed by atoms with Crippen molar-refractivity contribution < 1.29 is 5.11 Å². The number of halogens is 1. The third kappa shape index (κ3) is 4.42. The first-order valence-electron chi connectivity index (χ1n) is 6.07. The molecule has 0 atom stereocenters. The predicted molar refractivity (Wildman–Crippen MR) is 75.9 cm³/mol. The Morgan fingerprint density at radius 2 is 2.22 bits per heavy atom. The monoisotopic (exact) mass is 317 g/mol. The number of nitrogens with one attached hydrogen (secondary N) is 1. The predicted octanol–water partition coefficient (Wildman–Crippen LogP) is 1.99. The first kappa shape index (κ1) is 15.2. The molecule has 1 rings (SSSR count). The van der Waals surface area contributed by atoms with Crippen LogP contribution in [0, 0.1) is 0 Å². The van der Waals surface area contributed by atoms with Crippen molar-refractivity contribution in [2.45, 2.75) is 45.8 Å². The van der Waals surface area contributed by atoms with Crippen molar-refractivity contribution in [3.8, 4) is 0 Å². The quantitative estimate of drug-likeness (QED) is 0.842. The molecule has 0 radical (unpaired) electrons. The fraction of sp³-hybridized carbons (Fsp3) is 0.667.